The predicted molar refractivity (Wildman–Crippen MR) is 149 cm³/mol. The molecule has 0 amide bonds. The first-order valence-corrected chi connectivity index (χ1v) is 13.9. The first-order chi connectivity index (χ1) is 19.3. The molecule has 2 aliphatic heterocycles. The zero-order chi connectivity index (χ0) is 26.4. The summed E-state index contributed by atoms with van der Waals surface area (Å²) in [7, 11) is 0. The number of anilines is 2. The maximum atomic E-state index is 5.89. The van der Waals surface area contributed by atoms with Gasteiger partial charge < -0.3 is 29.6 Å². The van der Waals surface area contributed by atoms with Gasteiger partial charge in [-0.25, -0.2) is 19.9 Å². The summed E-state index contributed by atoms with van der Waals surface area (Å²) in [6, 6.07) is 7.81. The molecule has 0 bridgehead atoms. The third-order valence-corrected chi connectivity index (χ3v) is 7.15. The number of benzene rings is 2. The molecule has 0 saturated heterocycles. The molecule has 10 heteroatoms. The normalized spacial score (nSPS) is 14.1. The van der Waals surface area contributed by atoms with Crippen LogP contribution in [0.15, 0.2) is 36.9 Å². The highest BCUT2D eigenvalue weighted by Gasteiger charge is 2.23. The molecule has 6 rings (SSSR count). The van der Waals surface area contributed by atoms with Gasteiger partial charge in [0.05, 0.1) is 11.0 Å². The van der Waals surface area contributed by atoms with E-state index in [0.717, 1.165) is 65.8 Å². The number of nitrogens with zero attached hydrogens (tertiary/aromatic N) is 5. The van der Waals surface area contributed by atoms with E-state index in [2.05, 4.69) is 14.9 Å². The van der Waals surface area contributed by atoms with Crippen LogP contribution in [-0.2, 0) is 0 Å². The molecule has 4 aromatic rings. The van der Waals surface area contributed by atoms with E-state index in [1.165, 1.54) is 25.7 Å². The van der Waals surface area contributed by atoms with E-state index in [0.29, 0.717) is 49.4 Å². The third kappa shape index (κ3) is 5.47. The Morgan fingerprint density at radius 1 is 0.564 bits per heavy atom. The van der Waals surface area contributed by atoms with E-state index in [1.54, 1.807) is 12.7 Å². The molecule has 0 saturated carbocycles. The second kappa shape index (κ2) is 11.9. The van der Waals surface area contributed by atoms with Crippen molar-refractivity contribution in [1.29, 1.82) is 0 Å². The summed E-state index contributed by atoms with van der Waals surface area (Å²) in [4.78, 5) is 20.8. The average Bonchev–Trinajstić information content (AvgIpc) is 2.98. The molecule has 2 N–H and O–H groups in total. The number of fused-ring (bicyclic) bond motifs is 4. The molecule has 0 spiro atoms. The Bertz CT molecular complexity index is 1350. The van der Waals surface area contributed by atoms with Gasteiger partial charge in [-0.05, 0) is 31.5 Å². The molecule has 10 nitrogen and oxygen atoms in total. The van der Waals surface area contributed by atoms with Crippen molar-refractivity contribution in [1.82, 2.24) is 19.9 Å². The van der Waals surface area contributed by atoms with Crippen molar-refractivity contribution in [2.24, 2.45) is 5.73 Å². The third-order valence-electron chi connectivity index (χ3n) is 7.15. The second-order valence-electron chi connectivity index (χ2n) is 9.84. The number of ether oxygens (including phenoxy) is 4. The summed E-state index contributed by atoms with van der Waals surface area (Å²) in [6.45, 7) is 3.59. The lowest BCUT2D eigenvalue weighted by atomic mass is 10.1. The lowest BCUT2D eigenvalue weighted by Gasteiger charge is -2.26. The standard InChI is InChI=1S/C29H34N6O4/c30-8-6-4-2-1-3-5-7-9-35(28-20-14-24-26(38-12-10-36-24)16-22(20)31-18-33-28)29-21-15-25-27(39-13-11-37-25)17-23(21)32-19-34-29/h14-19H,1-13,30H2. The van der Waals surface area contributed by atoms with Crippen LogP contribution in [0.3, 0.4) is 0 Å². The molecule has 0 radical (unpaired) electrons. The van der Waals surface area contributed by atoms with Gasteiger partial charge in [-0.15, -0.1) is 0 Å². The van der Waals surface area contributed by atoms with Crippen LogP contribution in [0.2, 0.25) is 0 Å². The quantitative estimate of drug-likeness (QED) is 0.267. The molecule has 0 unspecified atom stereocenters. The van der Waals surface area contributed by atoms with Crippen molar-refractivity contribution in [3.05, 3.63) is 36.9 Å². The summed E-state index contributed by atoms with van der Waals surface area (Å²) in [5.74, 6) is 4.36. The van der Waals surface area contributed by atoms with Crippen LogP contribution in [0.4, 0.5) is 11.6 Å². The van der Waals surface area contributed by atoms with Crippen molar-refractivity contribution >= 4 is 33.4 Å². The molecule has 0 fully saturated rings. The summed E-state index contributed by atoms with van der Waals surface area (Å²) in [6.07, 6.45) is 11.2. The van der Waals surface area contributed by atoms with Crippen LogP contribution in [0.1, 0.15) is 44.9 Å². The van der Waals surface area contributed by atoms with E-state index >= 15 is 0 Å². The van der Waals surface area contributed by atoms with Crippen molar-refractivity contribution in [2.45, 2.75) is 44.9 Å². The van der Waals surface area contributed by atoms with Crippen molar-refractivity contribution in [2.75, 3.05) is 44.4 Å². The Morgan fingerprint density at radius 2 is 1.00 bits per heavy atom. The fourth-order valence-electron chi connectivity index (χ4n) is 5.20. The molecule has 2 aliphatic rings. The summed E-state index contributed by atoms with van der Waals surface area (Å²) >= 11 is 0. The largest absolute Gasteiger partial charge is 0.486 e. The van der Waals surface area contributed by atoms with Crippen molar-refractivity contribution in [3.8, 4) is 23.0 Å². The minimum Gasteiger partial charge on any atom is -0.486 e. The Labute approximate surface area is 227 Å². The Morgan fingerprint density at radius 3 is 1.49 bits per heavy atom. The monoisotopic (exact) mass is 530 g/mol. The van der Waals surface area contributed by atoms with Crippen molar-refractivity contribution < 1.29 is 18.9 Å². The lowest BCUT2D eigenvalue weighted by Crippen LogP contribution is -2.22. The van der Waals surface area contributed by atoms with E-state index in [1.807, 2.05) is 24.3 Å². The van der Waals surface area contributed by atoms with Gasteiger partial charge in [0.25, 0.3) is 0 Å². The maximum absolute atomic E-state index is 5.89. The molecule has 0 atom stereocenters. The highest BCUT2D eigenvalue weighted by atomic mass is 16.6. The predicted octanol–water partition coefficient (Wildman–Crippen LogP) is 4.94. The smallest absolute Gasteiger partial charge is 0.163 e. The summed E-state index contributed by atoms with van der Waals surface area (Å²) in [5, 5.41) is 1.76. The van der Waals surface area contributed by atoms with E-state index in [4.69, 9.17) is 34.6 Å². The van der Waals surface area contributed by atoms with Crippen LogP contribution >= 0.6 is 0 Å². The van der Waals surface area contributed by atoms with Crippen LogP contribution in [0, 0.1) is 0 Å². The van der Waals surface area contributed by atoms with Gasteiger partial charge in [0, 0.05) is 29.4 Å². The topological polar surface area (TPSA) is 118 Å². The lowest BCUT2D eigenvalue weighted by molar-refractivity contribution is 0.172. The number of hydrogen-bond acceptors (Lipinski definition) is 10. The minimum absolute atomic E-state index is 0.514. The Kier molecular flexibility index (Phi) is 7.71. The molecule has 39 heavy (non-hydrogen) atoms. The van der Waals surface area contributed by atoms with Crippen LogP contribution in [0.25, 0.3) is 21.8 Å². The zero-order valence-corrected chi connectivity index (χ0v) is 22.1. The Hall–Kier alpha value is -3.92. The van der Waals surface area contributed by atoms with Gasteiger partial charge in [-0.1, -0.05) is 32.1 Å². The number of nitrogens with two attached hydrogens (primary N) is 1. The number of rotatable bonds is 11. The average molecular weight is 531 g/mol. The minimum atomic E-state index is 0.514. The fraction of sp³-hybridized carbons (Fsp3) is 0.448. The first kappa shape index (κ1) is 25.4. The molecule has 2 aromatic heterocycles. The molecule has 204 valence electrons. The number of hydrogen-bond donors (Lipinski definition) is 1. The van der Waals surface area contributed by atoms with Gasteiger partial charge in [0.15, 0.2) is 23.0 Å². The SMILES string of the molecule is NCCCCCCCCCN(c1ncnc2cc3c(cc12)OCCO3)c1ncnc2cc3c(cc12)OCCO3. The van der Waals surface area contributed by atoms with E-state index < -0.39 is 0 Å². The van der Waals surface area contributed by atoms with Crippen molar-refractivity contribution in [3.63, 3.8) is 0 Å². The highest BCUT2D eigenvalue weighted by molar-refractivity contribution is 5.98. The number of aromatic nitrogens is 4. The molecular weight excluding hydrogens is 496 g/mol. The van der Waals surface area contributed by atoms with Crippen LogP contribution in [-0.4, -0.2) is 59.5 Å². The molecular formula is C29H34N6O4. The van der Waals surface area contributed by atoms with E-state index in [-0.39, 0.29) is 0 Å². The van der Waals surface area contributed by atoms with Crippen LogP contribution in [0.5, 0.6) is 23.0 Å². The van der Waals surface area contributed by atoms with Gasteiger partial charge in [-0.2, -0.15) is 0 Å². The summed E-state index contributed by atoms with van der Waals surface area (Å²) in [5.41, 5.74) is 7.22. The summed E-state index contributed by atoms with van der Waals surface area (Å²) < 4.78 is 23.4. The van der Waals surface area contributed by atoms with Gasteiger partial charge >= 0.3 is 0 Å². The molecule has 0 aliphatic carbocycles. The van der Waals surface area contributed by atoms with E-state index in [9.17, 15) is 0 Å². The number of unbranched alkanes of at least 4 members (excludes halogenated alkanes) is 6. The maximum Gasteiger partial charge on any atom is 0.163 e. The zero-order valence-electron chi connectivity index (χ0n) is 22.1. The second-order valence-corrected chi connectivity index (χ2v) is 9.84. The first-order valence-electron chi connectivity index (χ1n) is 13.9. The molecule has 4 heterocycles. The highest BCUT2D eigenvalue weighted by Crippen LogP contribution is 2.41. The Balaban J connectivity index is 1.36. The van der Waals surface area contributed by atoms with Gasteiger partial charge in [0.2, 0.25) is 0 Å². The molecule has 2 aromatic carbocycles. The van der Waals surface area contributed by atoms with Gasteiger partial charge in [0.1, 0.15) is 50.7 Å². The van der Waals surface area contributed by atoms with Crippen LogP contribution < -0.4 is 29.6 Å². The van der Waals surface area contributed by atoms with Gasteiger partial charge in [-0.3, -0.25) is 0 Å². The fourth-order valence-corrected chi connectivity index (χ4v) is 5.20.